The van der Waals surface area contributed by atoms with Crippen molar-refractivity contribution in [3.63, 3.8) is 0 Å². The standard InChI is InChI=1S/C23H10Cl2F2N6S2/c24-20-16(9-28)18(12-3-1-5-14(26)7-12)30-22(32-20)34-11-35-23-31-19(17(10-29)21(25)33-23)13-4-2-6-15(27)8-13/h1-8H,11H2. The summed E-state index contributed by atoms with van der Waals surface area (Å²) in [4.78, 5) is 17.0. The molecule has 0 aliphatic rings. The first-order chi connectivity index (χ1) is 16.9. The SMILES string of the molecule is N#Cc1c(Cl)nc(SCSc2nc(Cl)c(C#N)c(-c3cccc(F)c3)n2)nc1-c1cccc(F)c1. The van der Waals surface area contributed by atoms with E-state index in [0.717, 1.165) is 0 Å². The Kier molecular flexibility index (Phi) is 7.79. The van der Waals surface area contributed by atoms with Crippen LogP contribution in [0.5, 0.6) is 0 Å². The van der Waals surface area contributed by atoms with Crippen LogP contribution in [0.1, 0.15) is 11.1 Å². The number of halogens is 4. The Morgan fingerprint density at radius 3 is 1.51 bits per heavy atom. The van der Waals surface area contributed by atoms with E-state index in [-0.39, 0.29) is 43.1 Å². The summed E-state index contributed by atoms with van der Waals surface area (Å²) in [5, 5.41) is 19.6. The number of nitrogens with zero attached hydrogens (tertiary/aromatic N) is 6. The van der Waals surface area contributed by atoms with Crippen LogP contribution in [0.4, 0.5) is 8.78 Å². The lowest BCUT2D eigenvalue weighted by atomic mass is 10.1. The van der Waals surface area contributed by atoms with Crippen LogP contribution in [0.2, 0.25) is 10.3 Å². The van der Waals surface area contributed by atoms with Gasteiger partial charge in [0.05, 0.1) is 16.5 Å². The van der Waals surface area contributed by atoms with E-state index in [1.165, 1.54) is 59.9 Å². The van der Waals surface area contributed by atoms with Crippen LogP contribution >= 0.6 is 46.7 Å². The lowest BCUT2D eigenvalue weighted by Gasteiger charge is -2.09. The fraction of sp³-hybridized carbons (Fsp3) is 0.0435. The summed E-state index contributed by atoms with van der Waals surface area (Å²) >= 11 is 14.7. The van der Waals surface area contributed by atoms with Gasteiger partial charge >= 0.3 is 0 Å². The Morgan fingerprint density at radius 2 is 1.14 bits per heavy atom. The van der Waals surface area contributed by atoms with E-state index >= 15 is 0 Å². The number of rotatable bonds is 6. The largest absolute Gasteiger partial charge is 0.221 e. The number of benzene rings is 2. The van der Waals surface area contributed by atoms with Gasteiger partial charge in [-0.2, -0.15) is 10.5 Å². The quantitative estimate of drug-likeness (QED) is 0.114. The average molecular weight is 543 g/mol. The minimum absolute atomic E-state index is 0.0382. The molecule has 0 spiro atoms. The summed E-state index contributed by atoms with van der Waals surface area (Å²) < 4.78 is 27.4. The van der Waals surface area contributed by atoms with Crippen molar-refractivity contribution in [3.8, 4) is 34.7 Å². The first-order valence-corrected chi connectivity index (χ1v) is 12.3. The molecule has 0 bridgehead atoms. The van der Waals surface area contributed by atoms with Gasteiger partial charge in [0.1, 0.15) is 34.9 Å². The topological polar surface area (TPSA) is 99.1 Å². The summed E-state index contributed by atoms with van der Waals surface area (Å²) in [6, 6.07) is 15.2. The van der Waals surface area contributed by atoms with Gasteiger partial charge in [-0.15, -0.1) is 0 Å². The third-order valence-corrected chi connectivity index (χ3v) is 6.86. The summed E-state index contributed by atoms with van der Waals surface area (Å²) in [6.07, 6.45) is 0. The van der Waals surface area contributed by atoms with E-state index in [1.54, 1.807) is 12.1 Å². The molecule has 2 aromatic carbocycles. The molecular weight excluding hydrogens is 533 g/mol. The second-order valence-corrected chi connectivity index (χ2v) is 9.66. The third kappa shape index (κ3) is 5.69. The molecule has 0 unspecified atom stereocenters. The number of aromatic nitrogens is 4. The zero-order valence-corrected chi connectivity index (χ0v) is 20.5. The van der Waals surface area contributed by atoms with Gasteiger partial charge in [-0.25, -0.2) is 28.7 Å². The smallest absolute Gasteiger partial charge is 0.190 e. The van der Waals surface area contributed by atoms with Crippen molar-refractivity contribution >= 4 is 46.7 Å². The van der Waals surface area contributed by atoms with E-state index in [0.29, 0.717) is 16.2 Å². The summed E-state index contributed by atoms with van der Waals surface area (Å²) in [6.45, 7) is 0. The molecule has 172 valence electrons. The molecule has 0 atom stereocenters. The van der Waals surface area contributed by atoms with Crippen LogP contribution in [-0.4, -0.2) is 25.0 Å². The molecule has 0 saturated heterocycles. The van der Waals surface area contributed by atoms with E-state index in [9.17, 15) is 19.3 Å². The van der Waals surface area contributed by atoms with E-state index < -0.39 is 11.6 Å². The summed E-state index contributed by atoms with van der Waals surface area (Å²) in [7, 11) is 0. The predicted molar refractivity (Wildman–Crippen MR) is 131 cm³/mol. The van der Waals surface area contributed by atoms with Crippen molar-refractivity contribution < 1.29 is 8.78 Å². The molecule has 0 amide bonds. The van der Waals surface area contributed by atoms with Crippen LogP contribution in [0, 0.1) is 34.3 Å². The Labute approximate surface area is 217 Å². The van der Waals surface area contributed by atoms with Crippen LogP contribution < -0.4 is 0 Å². The fourth-order valence-corrected chi connectivity index (χ4v) is 5.21. The molecule has 4 rings (SSSR count). The first-order valence-electron chi connectivity index (χ1n) is 9.62. The highest BCUT2D eigenvalue weighted by Crippen LogP contribution is 2.33. The van der Waals surface area contributed by atoms with Gasteiger partial charge in [0.2, 0.25) is 0 Å². The van der Waals surface area contributed by atoms with Crippen LogP contribution in [0.3, 0.4) is 0 Å². The highest BCUT2D eigenvalue weighted by Gasteiger charge is 2.18. The predicted octanol–water partition coefficient (Wildman–Crippen LogP) is 6.77. The maximum Gasteiger partial charge on any atom is 0.190 e. The van der Waals surface area contributed by atoms with Gasteiger partial charge in [0.25, 0.3) is 0 Å². The van der Waals surface area contributed by atoms with Crippen molar-refractivity contribution in [2.75, 3.05) is 5.08 Å². The molecule has 0 saturated carbocycles. The Morgan fingerprint density at radius 1 is 0.714 bits per heavy atom. The molecule has 2 heterocycles. The number of nitriles is 2. The van der Waals surface area contributed by atoms with Crippen LogP contribution in [0.15, 0.2) is 58.8 Å². The zero-order chi connectivity index (χ0) is 24.9. The first kappa shape index (κ1) is 24.8. The lowest BCUT2D eigenvalue weighted by Crippen LogP contribution is -1.99. The van der Waals surface area contributed by atoms with Gasteiger partial charge in [-0.1, -0.05) is 71.0 Å². The normalized spacial score (nSPS) is 10.6. The maximum atomic E-state index is 13.7. The fourth-order valence-electron chi connectivity index (χ4n) is 2.98. The third-order valence-electron chi connectivity index (χ3n) is 4.48. The summed E-state index contributed by atoms with van der Waals surface area (Å²) in [5.41, 5.74) is 1.29. The Bertz CT molecular complexity index is 1410. The minimum Gasteiger partial charge on any atom is -0.221 e. The highest BCUT2D eigenvalue weighted by molar-refractivity contribution is 8.15. The van der Waals surface area contributed by atoms with Crippen molar-refractivity contribution in [2.24, 2.45) is 0 Å². The van der Waals surface area contributed by atoms with Gasteiger partial charge < -0.3 is 0 Å². The molecule has 2 aromatic heterocycles. The maximum absolute atomic E-state index is 13.7. The average Bonchev–Trinajstić information content (AvgIpc) is 2.83. The summed E-state index contributed by atoms with van der Waals surface area (Å²) in [5.74, 6) is -0.954. The van der Waals surface area contributed by atoms with E-state index in [1.807, 2.05) is 12.1 Å². The molecule has 35 heavy (non-hydrogen) atoms. The van der Waals surface area contributed by atoms with Gasteiger partial charge in [0, 0.05) is 11.1 Å². The van der Waals surface area contributed by atoms with Crippen LogP contribution in [0.25, 0.3) is 22.5 Å². The Balaban J connectivity index is 1.59. The lowest BCUT2D eigenvalue weighted by molar-refractivity contribution is 0.628. The number of hydrogen-bond acceptors (Lipinski definition) is 8. The van der Waals surface area contributed by atoms with Crippen molar-refractivity contribution in [2.45, 2.75) is 10.3 Å². The molecule has 12 heteroatoms. The molecule has 0 aliphatic carbocycles. The van der Waals surface area contributed by atoms with E-state index in [2.05, 4.69) is 19.9 Å². The van der Waals surface area contributed by atoms with Crippen LogP contribution in [-0.2, 0) is 0 Å². The zero-order valence-electron chi connectivity index (χ0n) is 17.3. The van der Waals surface area contributed by atoms with Crippen molar-refractivity contribution in [1.82, 2.24) is 19.9 Å². The molecule has 0 N–H and O–H groups in total. The second-order valence-electron chi connectivity index (χ2n) is 6.69. The minimum atomic E-state index is -0.477. The Hall–Kier alpha value is -3.28. The molecule has 0 fully saturated rings. The highest BCUT2D eigenvalue weighted by atomic mass is 35.5. The molecule has 0 aliphatic heterocycles. The number of thioether (sulfide) groups is 2. The molecule has 4 aromatic rings. The van der Waals surface area contributed by atoms with E-state index in [4.69, 9.17) is 23.2 Å². The van der Waals surface area contributed by atoms with Gasteiger partial charge in [-0.05, 0) is 24.3 Å². The monoisotopic (exact) mass is 542 g/mol. The number of hydrogen-bond donors (Lipinski definition) is 0. The molecule has 0 radical (unpaired) electrons. The van der Waals surface area contributed by atoms with Crippen molar-refractivity contribution in [1.29, 1.82) is 10.5 Å². The second kappa shape index (κ2) is 11.0. The molecule has 6 nitrogen and oxygen atoms in total. The van der Waals surface area contributed by atoms with Gasteiger partial charge in [-0.3, -0.25) is 0 Å². The van der Waals surface area contributed by atoms with Gasteiger partial charge in [0.15, 0.2) is 20.6 Å². The van der Waals surface area contributed by atoms with Crippen molar-refractivity contribution in [3.05, 3.63) is 81.6 Å². The molecular formula is C23H10Cl2F2N6S2.